The lowest BCUT2D eigenvalue weighted by Gasteiger charge is -2.20. The molecular formula is C11H18N2O3S. The van der Waals surface area contributed by atoms with E-state index in [1.54, 1.807) is 0 Å². The first-order chi connectivity index (χ1) is 7.84. The normalized spacial score (nSPS) is 27.5. The zero-order chi connectivity index (χ0) is 12.7. The molecule has 1 unspecified atom stereocenters. The van der Waals surface area contributed by atoms with E-state index in [1.807, 2.05) is 24.6 Å². The summed E-state index contributed by atoms with van der Waals surface area (Å²) in [5, 5.41) is 14.6. The van der Waals surface area contributed by atoms with E-state index in [9.17, 15) is 13.5 Å². The topological polar surface area (TPSA) is 72.2 Å². The van der Waals surface area contributed by atoms with Gasteiger partial charge >= 0.3 is 0 Å². The zero-order valence-corrected chi connectivity index (χ0v) is 11.0. The van der Waals surface area contributed by atoms with E-state index < -0.39 is 15.4 Å². The molecule has 1 aromatic rings. The van der Waals surface area contributed by atoms with Gasteiger partial charge < -0.3 is 5.11 Å². The molecule has 0 amide bonds. The van der Waals surface area contributed by atoms with Crippen molar-refractivity contribution in [3.63, 3.8) is 0 Å². The summed E-state index contributed by atoms with van der Waals surface area (Å²) in [5.74, 6) is -0.0450. The maximum Gasteiger partial charge on any atom is 0.153 e. The molecular weight excluding hydrogens is 240 g/mol. The highest BCUT2D eigenvalue weighted by atomic mass is 32.2. The summed E-state index contributed by atoms with van der Waals surface area (Å²) < 4.78 is 24.6. The van der Waals surface area contributed by atoms with Crippen molar-refractivity contribution >= 4 is 9.84 Å². The van der Waals surface area contributed by atoms with Crippen LogP contribution in [-0.4, -0.2) is 40.4 Å². The highest BCUT2D eigenvalue weighted by Crippen LogP contribution is 2.27. The largest absolute Gasteiger partial charge is 0.388 e. The van der Waals surface area contributed by atoms with Crippen LogP contribution in [0.2, 0.25) is 0 Å². The molecule has 0 radical (unpaired) electrons. The van der Waals surface area contributed by atoms with Crippen LogP contribution in [0.15, 0.2) is 6.07 Å². The van der Waals surface area contributed by atoms with Crippen LogP contribution >= 0.6 is 0 Å². The summed E-state index contributed by atoms with van der Waals surface area (Å²) in [6.45, 7) is 4.60. The van der Waals surface area contributed by atoms with E-state index in [4.69, 9.17) is 0 Å². The lowest BCUT2D eigenvalue weighted by atomic mass is 9.97. The van der Waals surface area contributed by atoms with Gasteiger partial charge in [0.25, 0.3) is 0 Å². The number of aromatic nitrogens is 2. The second-order valence-corrected chi connectivity index (χ2v) is 7.02. The van der Waals surface area contributed by atoms with Crippen molar-refractivity contribution in [3.8, 4) is 0 Å². The van der Waals surface area contributed by atoms with Gasteiger partial charge in [-0.3, -0.25) is 4.68 Å². The van der Waals surface area contributed by atoms with Crippen molar-refractivity contribution in [2.45, 2.75) is 38.8 Å². The Balaban J connectivity index is 2.21. The number of rotatable bonds is 3. The summed E-state index contributed by atoms with van der Waals surface area (Å²) in [7, 11) is -3.07. The fourth-order valence-corrected chi connectivity index (χ4v) is 4.29. The minimum absolute atomic E-state index is 0.0861. The molecule has 1 saturated heterocycles. The van der Waals surface area contributed by atoms with Crippen LogP contribution in [0.3, 0.4) is 0 Å². The summed E-state index contributed by atoms with van der Waals surface area (Å²) >= 11 is 0. The molecule has 0 aliphatic carbocycles. The van der Waals surface area contributed by atoms with Crippen LogP contribution in [0, 0.1) is 6.92 Å². The molecule has 2 rings (SSSR count). The quantitative estimate of drug-likeness (QED) is 0.846. The predicted molar refractivity (Wildman–Crippen MR) is 64.6 cm³/mol. The van der Waals surface area contributed by atoms with Gasteiger partial charge in [0.05, 0.1) is 22.8 Å². The monoisotopic (exact) mass is 258 g/mol. The van der Waals surface area contributed by atoms with Gasteiger partial charge in [-0.2, -0.15) is 5.10 Å². The first kappa shape index (κ1) is 12.6. The number of aliphatic hydroxyl groups is 1. The van der Waals surface area contributed by atoms with Crippen molar-refractivity contribution in [1.82, 2.24) is 9.78 Å². The Morgan fingerprint density at radius 2 is 2.29 bits per heavy atom. The standard InChI is InChI=1S/C11H18N2O3S/c1-3-13-10(6-9(2)12-13)7-11(14)4-5-17(15,16)8-11/h6,14H,3-5,7-8H2,1-2H3. The SMILES string of the molecule is CCn1nc(C)cc1CC1(O)CCS(=O)(=O)C1. The highest BCUT2D eigenvalue weighted by molar-refractivity contribution is 7.91. The third-order valence-electron chi connectivity index (χ3n) is 3.16. The molecule has 1 aliphatic heterocycles. The fourth-order valence-electron chi connectivity index (χ4n) is 2.39. The molecule has 0 saturated carbocycles. The van der Waals surface area contributed by atoms with Gasteiger partial charge in [-0.15, -0.1) is 0 Å². The molecule has 5 nitrogen and oxygen atoms in total. The van der Waals surface area contributed by atoms with Crippen LogP contribution in [-0.2, 0) is 22.8 Å². The first-order valence-electron chi connectivity index (χ1n) is 5.80. The number of hydrogen-bond acceptors (Lipinski definition) is 4. The molecule has 2 heterocycles. The van der Waals surface area contributed by atoms with Crippen molar-refractivity contribution in [2.75, 3.05) is 11.5 Å². The molecule has 0 spiro atoms. The number of sulfone groups is 1. The van der Waals surface area contributed by atoms with E-state index in [1.165, 1.54) is 0 Å². The lowest BCUT2D eigenvalue weighted by molar-refractivity contribution is 0.0660. The summed E-state index contributed by atoms with van der Waals surface area (Å²) in [5.41, 5.74) is 0.689. The Hall–Kier alpha value is -0.880. The summed E-state index contributed by atoms with van der Waals surface area (Å²) in [4.78, 5) is 0. The Morgan fingerprint density at radius 1 is 1.59 bits per heavy atom. The van der Waals surface area contributed by atoms with Gasteiger partial charge in [-0.05, 0) is 26.3 Å². The molecule has 0 bridgehead atoms. The van der Waals surface area contributed by atoms with Crippen molar-refractivity contribution in [3.05, 3.63) is 17.5 Å². The summed E-state index contributed by atoms with van der Waals surface area (Å²) in [6.07, 6.45) is 0.685. The Kier molecular flexibility index (Phi) is 3.03. The lowest BCUT2D eigenvalue weighted by Crippen LogP contribution is -2.33. The average Bonchev–Trinajstić information content (AvgIpc) is 2.67. The second-order valence-electron chi connectivity index (χ2n) is 4.84. The third-order valence-corrected chi connectivity index (χ3v) is 4.97. The maximum atomic E-state index is 11.4. The predicted octanol–water partition coefficient (Wildman–Crippen LogP) is 0.304. The van der Waals surface area contributed by atoms with Gasteiger partial charge in [0, 0.05) is 18.7 Å². The van der Waals surface area contributed by atoms with Gasteiger partial charge in [0.2, 0.25) is 0 Å². The van der Waals surface area contributed by atoms with Crippen LogP contribution in [0.5, 0.6) is 0 Å². The van der Waals surface area contributed by atoms with Crippen molar-refractivity contribution in [2.24, 2.45) is 0 Å². The molecule has 1 aliphatic rings. The molecule has 1 aromatic heterocycles. The molecule has 6 heteroatoms. The van der Waals surface area contributed by atoms with E-state index in [2.05, 4.69) is 5.10 Å². The van der Waals surface area contributed by atoms with Crippen molar-refractivity contribution < 1.29 is 13.5 Å². The van der Waals surface area contributed by atoms with Crippen LogP contribution in [0.25, 0.3) is 0 Å². The minimum Gasteiger partial charge on any atom is -0.388 e. The van der Waals surface area contributed by atoms with Gasteiger partial charge in [0.15, 0.2) is 9.84 Å². The van der Waals surface area contributed by atoms with Gasteiger partial charge in [-0.1, -0.05) is 0 Å². The van der Waals surface area contributed by atoms with Gasteiger partial charge in [0.1, 0.15) is 0 Å². The molecule has 96 valence electrons. The van der Waals surface area contributed by atoms with E-state index in [0.29, 0.717) is 12.8 Å². The minimum atomic E-state index is -3.07. The molecule has 1 fully saturated rings. The van der Waals surface area contributed by atoms with Crippen LogP contribution < -0.4 is 0 Å². The Morgan fingerprint density at radius 3 is 2.82 bits per heavy atom. The second kappa shape index (κ2) is 4.10. The summed E-state index contributed by atoms with van der Waals surface area (Å²) in [6, 6.07) is 1.91. The van der Waals surface area contributed by atoms with Crippen LogP contribution in [0.1, 0.15) is 24.7 Å². The molecule has 1 N–H and O–H groups in total. The molecule has 0 aromatic carbocycles. The molecule has 17 heavy (non-hydrogen) atoms. The Labute approximate surface area is 101 Å². The first-order valence-corrected chi connectivity index (χ1v) is 7.62. The van der Waals surface area contributed by atoms with Crippen LogP contribution in [0.4, 0.5) is 0 Å². The average molecular weight is 258 g/mol. The van der Waals surface area contributed by atoms with E-state index in [-0.39, 0.29) is 11.5 Å². The number of aryl methyl sites for hydroxylation is 2. The van der Waals surface area contributed by atoms with E-state index in [0.717, 1.165) is 17.9 Å². The number of nitrogens with zero attached hydrogens (tertiary/aromatic N) is 2. The van der Waals surface area contributed by atoms with E-state index >= 15 is 0 Å². The zero-order valence-electron chi connectivity index (χ0n) is 10.2. The maximum absolute atomic E-state index is 11.4. The van der Waals surface area contributed by atoms with Crippen molar-refractivity contribution in [1.29, 1.82) is 0 Å². The third kappa shape index (κ3) is 2.69. The fraction of sp³-hybridized carbons (Fsp3) is 0.727. The van der Waals surface area contributed by atoms with Gasteiger partial charge in [-0.25, -0.2) is 8.42 Å². The number of hydrogen-bond donors (Lipinski definition) is 1. The smallest absolute Gasteiger partial charge is 0.153 e. The highest BCUT2D eigenvalue weighted by Gasteiger charge is 2.41. The molecule has 1 atom stereocenters. The Bertz CT molecular complexity index is 521.